The van der Waals surface area contributed by atoms with Crippen LogP contribution < -0.4 is 4.74 Å². The van der Waals surface area contributed by atoms with Gasteiger partial charge in [0.15, 0.2) is 6.61 Å². The number of ether oxygens (including phenoxy) is 1. The van der Waals surface area contributed by atoms with E-state index >= 15 is 0 Å². The molecule has 0 bridgehead atoms. The number of hydrogen-bond acceptors (Lipinski definition) is 4. The molecule has 3 rings (SSSR count). The summed E-state index contributed by atoms with van der Waals surface area (Å²) in [4.78, 5) is 18.7. The zero-order chi connectivity index (χ0) is 19.1. The van der Waals surface area contributed by atoms with Gasteiger partial charge in [-0.15, -0.1) is 0 Å². The summed E-state index contributed by atoms with van der Waals surface area (Å²) in [6.07, 6.45) is 3.32. The van der Waals surface area contributed by atoms with Crippen molar-refractivity contribution in [2.75, 3.05) is 6.61 Å². The van der Waals surface area contributed by atoms with Gasteiger partial charge in [-0.05, 0) is 47.9 Å². The highest BCUT2D eigenvalue weighted by atomic mass is 16.5. The topological polar surface area (TPSA) is 55.6 Å². The predicted molar refractivity (Wildman–Crippen MR) is 103 cm³/mol. The monoisotopic (exact) mass is 364 g/mol. The molecular weight excluding hydrogens is 340 g/mol. The Hall–Kier alpha value is -3.08. The van der Waals surface area contributed by atoms with Crippen LogP contribution in [-0.4, -0.2) is 22.4 Å². The van der Waals surface area contributed by atoms with Crippen molar-refractivity contribution in [3.05, 3.63) is 84.1 Å². The third kappa shape index (κ3) is 5.45. The molecule has 0 atom stereocenters. The third-order valence-corrected chi connectivity index (χ3v) is 4.27. The van der Waals surface area contributed by atoms with Gasteiger partial charge in [-0.1, -0.05) is 32.0 Å². The van der Waals surface area contributed by atoms with Gasteiger partial charge in [-0.2, -0.15) is 0 Å². The lowest BCUT2D eigenvalue weighted by Crippen LogP contribution is -2.34. The second-order valence-electron chi connectivity index (χ2n) is 6.66. The maximum absolute atomic E-state index is 12.8. The van der Waals surface area contributed by atoms with Gasteiger partial charge in [-0.25, -0.2) is 0 Å². The standard InChI is InChI=1S/C22H24N2O3/c1-17(2)18-8-10-20(11-9-18)27-16-22(25)24(15-21-7-5-13-26-21)14-19-6-3-4-12-23-19/h3-13,17H,14-16H2,1-2H3. The molecule has 0 saturated carbocycles. The first kappa shape index (κ1) is 18.7. The minimum atomic E-state index is -0.120. The molecule has 0 radical (unpaired) electrons. The zero-order valence-corrected chi connectivity index (χ0v) is 15.7. The summed E-state index contributed by atoms with van der Waals surface area (Å²) < 4.78 is 11.1. The summed E-state index contributed by atoms with van der Waals surface area (Å²) in [5.41, 5.74) is 2.06. The van der Waals surface area contributed by atoms with Crippen LogP contribution >= 0.6 is 0 Å². The molecule has 0 aliphatic heterocycles. The van der Waals surface area contributed by atoms with Crippen molar-refractivity contribution in [2.24, 2.45) is 0 Å². The lowest BCUT2D eigenvalue weighted by atomic mass is 10.0. The van der Waals surface area contributed by atoms with E-state index in [2.05, 4.69) is 18.8 Å². The molecule has 1 aromatic carbocycles. The Kier molecular flexibility index (Phi) is 6.26. The fourth-order valence-corrected chi connectivity index (χ4v) is 2.70. The van der Waals surface area contributed by atoms with E-state index in [1.165, 1.54) is 5.56 Å². The molecule has 1 amide bonds. The largest absolute Gasteiger partial charge is 0.484 e. The molecule has 3 aromatic rings. The first-order chi connectivity index (χ1) is 13.1. The first-order valence-electron chi connectivity index (χ1n) is 9.04. The molecule has 27 heavy (non-hydrogen) atoms. The predicted octanol–water partition coefficient (Wildman–Crippen LogP) is 4.41. The average molecular weight is 364 g/mol. The molecule has 2 heterocycles. The second kappa shape index (κ2) is 9.03. The van der Waals surface area contributed by atoms with Crippen LogP contribution in [0.3, 0.4) is 0 Å². The van der Waals surface area contributed by atoms with Gasteiger partial charge in [0.1, 0.15) is 11.5 Å². The Morgan fingerprint density at radius 2 is 1.89 bits per heavy atom. The quantitative estimate of drug-likeness (QED) is 0.594. The van der Waals surface area contributed by atoms with Crippen molar-refractivity contribution in [3.8, 4) is 5.75 Å². The summed E-state index contributed by atoms with van der Waals surface area (Å²) in [5.74, 6) is 1.75. The van der Waals surface area contributed by atoms with Gasteiger partial charge in [-0.3, -0.25) is 9.78 Å². The lowest BCUT2D eigenvalue weighted by molar-refractivity contribution is -0.135. The van der Waals surface area contributed by atoms with Crippen LogP contribution in [0.15, 0.2) is 71.5 Å². The van der Waals surface area contributed by atoms with Crippen molar-refractivity contribution < 1.29 is 13.9 Å². The number of amides is 1. The molecule has 0 unspecified atom stereocenters. The van der Waals surface area contributed by atoms with Crippen LogP contribution in [0.1, 0.15) is 36.8 Å². The van der Waals surface area contributed by atoms with E-state index in [1.807, 2.05) is 54.6 Å². The number of hydrogen-bond donors (Lipinski definition) is 0. The average Bonchev–Trinajstić information content (AvgIpc) is 3.20. The summed E-state index contributed by atoms with van der Waals surface area (Å²) in [6, 6.07) is 17.2. The number of benzene rings is 1. The number of carbonyl (C=O) groups is 1. The lowest BCUT2D eigenvalue weighted by Gasteiger charge is -2.21. The Morgan fingerprint density at radius 3 is 2.52 bits per heavy atom. The number of furan rings is 1. The van der Waals surface area contributed by atoms with Crippen LogP contribution in [0.5, 0.6) is 5.75 Å². The molecule has 5 nitrogen and oxygen atoms in total. The maximum atomic E-state index is 12.8. The molecular formula is C22H24N2O3. The highest BCUT2D eigenvalue weighted by Gasteiger charge is 2.17. The van der Waals surface area contributed by atoms with E-state index in [1.54, 1.807) is 17.4 Å². The fraction of sp³-hybridized carbons (Fsp3) is 0.273. The van der Waals surface area contributed by atoms with Gasteiger partial charge in [0.05, 0.1) is 25.0 Å². The normalized spacial score (nSPS) is 10.8. The minimum Gasteiger partial charge on any atom is -0.484 e. The van der Waals surface area contributed by atoms with Gasteiger partial charge >= 0.3 is 0 Å². The maximum Gasteiger partial charge on any atom is 0.261 e. The zero-order valence-electron chi connectivity index (χ0n) is 15.7. The van der Waals surface area contributed by atoms with E-state index in [-0.39, 0.29) is 12.5 Å². The van der Waals surface area contributed by atoms with Gasteiger partial charge in [0, 0.05) is 6.20 Å². The molecule has 0 N–H and O–H groups in total. The van der Waals surface area contributed by atoms with Crippen LogP contribution in [-0.2, 0) is 17.9 Å². The summed E-state index contributed by atoms with van der Waals surface area (Å²) in [7, 11) is 0. The summed E-state index contributed by atoms with van der Waals surface area (Å²) in [5, 5.41) is 0. The number of rotatable bonds is 8. The number of aromatic nitrogens is 1. The Balaban J connectivity index is 1.64. The minimum absolute atomic E-state index is 0.0332. The van der Waals surface area contributed by atoms with Crippen LogP contribution in [0.4, 0.5) is 0 Å². The SMILES string of the molecule is CC(C)c1ccc(OCC(=O)N(Cc2ccccn2)Cc2ccco2)cc1. The van der Waals surface area contributed by atoms with Gasteiger partial charge < -0.3 is 14.1 Å². The van der Waals surface area contributed by atoms with Crippen molar-refractivity contribution in [2.45, 2.75) is 32.9 Å². The van der Waals surface area contributed by atoms with Gasteiger partial charge in [0.2, 0.25) is 0 Å². The Morgan fingerprint density at radius 1 is 1.07 bits per heavy atom. The van der Waals surface area contributed by atoms with E-state index in [9.17, 15) is 4.79 Å². The molecule has 0 saturated heterocycles. The molecule has 0 aliphatic carbocycles. The van der Waals surface area contributed by atoms with Crippen LogP contribution in [0.25, 0.3) is 0 Å². The highest BCUT2D eigenvalue weighted by Crippen LogP contribution is 2.19. The van der Waals surface area contributed by atoms with Crippen LogP contribution in [0, 0.1) is 0 Å². The van der Waals surface area contributed by atoms with Gasteiger partial charge in [0.25, 0.3) is 5.91 Å². The van der Waals surface area contributed by atoms with Crippen molar-refractivity contribution >= 4 is 5.91 Å². The first-order valence-corrected chi connectivity index (χ1v) is 9.04. The molecule has 0 aliphatic rings. The van der Waals surface area contributed by atoms with E-state index in [0.29, 0.717) is 24.8 Å². The van der Waals surface area contributed by atoms with Crippen molar-refractivity contribution in [1.82, 2.24) is 9.88 Å². The van der Waals surface area contributed by atoms with E-state index < -0.39 is 0 Å². The molecule has 5 heteroatoms. The smallest absolute Gasteiger partial charge is 0.261 e. The Labute approximate surface area is 159 Å². The third-order valence-electron chi connectivity index (χ3n) is 4.27. The molecule has 140 valence electrons. The van der Waals surface area contributed by atoms with Crippen molar-refractivity contribution in [1.29, 1.82) is 0 Å². The summed E-state index contributed by atoms with van der Waals surface area (Å²) in [6.45, 7) is 5.02. The van der Waals surface area contributed by atoms with E-state index in [0.717, 1.165) is 11.5 Å². The number of carbonyl (C=O) groups excluding carboxylic acids is 1. The molecule has 2 aromatic heterocycles. The number of pyridine rings is 1. The van der Waals surface area contributed by atoms with Crippen LogP contribution in [0.2, 0.25) is 0 Å². The Bertz CT molecular complexity index is 828. The number of nitrogens with zero attached hydrogens (tertiary/aromatic N) is 2. The van der Waals surface area contributed by atoms with Crippen molar-refractivity contribution in [3.63, 3.8) is 0 Å². The highest BCUT2D eigenvalue weighted by molar-refractivity contribution is 5.77. The fourth-order valence-electron chi connectivity index (χ4n) is 2.70. The second-order valence-corrected chi connectivity index (χ2v) is 6.66. The molecule has 0 spiro atoms. The summed E-state index contributed by atoms with van der Waals surface area (Å²) >= 11 is 0. The van der Waals surface area contributed by atoms with E-state index in [4.69, 9.17) is 9.15 Å². The molecule has 0 fully saturated rings.